The number of halogens is 1. The second-order valence-corrected chi connectivity index (χ2v) is 7.65. The normalized spacial score (nSPS) is 16.0. The first kappa shape index (κ1) is 20.5. The Labute approximate surface area is 171 Å². The van der Waals surface area contributed by atoms with Gasteiger partial charge in [-0.2, -0.15) is 0 Å². The van der Waals surface area contributed by atoms with E-state index in [9.17, 15) is 4.79 Å². The SMILES string of the molecule is CN(C)c1ccc(CN(CC2CCCO2)C(=O)COc2cccc(Cl)c2)cc1. The molecule has 5 nitrogen and oxygen atoms in total. The number of anilines is 1. The van der Waals surface area contributed by atoms with Gasteiger partial charge in [-0.05, 0) is 48.7 Å². The van der Waals surface area contributed by atoms with Gasteiger partial charge in [0.1, 0.15) is 5.75 Å². The summed E-state index contributed by atoms with van der Waals surface area (Å²) in [4.78, 5) is 16.8. The molecule has 1 fully saturated rings. The summed E-state index contributed by atoms with van der Waals surface area (Å²) >= 11 is 5.98. The van der Waals surface area contributed by atoms with E-state index < -0.39 is 0 Å². The molecule has 1 aliphatic rings. The highest BCUT2D eigenvalue weighted by atomic mass is 35.5. The topological polar surface area (TPSA) is 42.0 Å². The number of rotatable bonds is 8. The minimum Gasteiger partial charge on any atom is -0.484 e. The van der Waals surface area contributed by atoms with Crippen molar-refractivity contribution >= 4 is 23.2 Å². The second-order valence-electron chi connectivity index (χ2n) is 7.22. The molecule has 0 radical (unpaired) electrons. The van der Waals surface area contributed by atoms with Crippen molar-refractivity contribution in [2.45, 2.75) is 25.5 Å². The lowest BCUT2D eigenvalue weighted by Gasteiger charge is -2.26. The average molecular weight is 403 g/mol. The van der Waals surface area contributed by atoms with Gasteiger partial charge in [0.15, 0.2) is 6.61 Å². The molecule has 1 atom stereocenters. The Kier molecular flexibility index (Phi) is 7.18. The first-order valence-corrected chi connectivity index (χ1v) is 9.93. The molecule has 0 saturated carbocycles. The van der Waals surface area contributed by atoms with Crippen molar-refractivity contribution in [3.05, 3.63) is 59.1 Å². The second kappa shape index (κ2) is 9.80. The molecule has 150 valence electrons. The maximum atomic E-state index is 12.9. The fourth-order valence-electron chi connectivity index (χ4n) is 3.20. The minimum absolute atomic E-state index is 0.0250. The van der Waals surface area contributed by atoms with Crippen molar-refractivity contribution in [1.29, 1.82) is 0 Å². The summed E-state index contributed by atoms with van der Waals surface area (Å²) in [6, 6.07) is 15.3. The number of carbonyl (C=O) groups is 1. The van der Waals surface area contributed by atoms with Gasteiger partial charge in [0.05, 0.1) is 6.10 Å². The van der Waals surface area contributed by atoms with E-state index in [1.54, 1.807) is 24.3 Å². The molecule has 1 saturated heterocycles. The van der Waals surface area contributed by atoms with Crippen molar-refractivity contribution in [3.8, 4) is 5.75 Å². The van der Waals surface area contributed by atoms with Crippen LogP contribution in [0.2, 0.25) is 5.02 Å². The number of carbonyl (C=O) groups excluding carboxylic acids is 1. The number of amides is 1. The van der Waals surface area contributed by atoms with E-state index in [1.807, 2.05) is 19.0 Å². The quantitative estimate of drug-likeness (QED) is 0.669. The molecule has 0 aromatic heterocycles. The number of ether oxygens (including phenoxy) is 2. The highest BCUT2D eigenvalue weighted by Crippen LogP contribution is 2.19. The Balaban J connectivity index is 1.65. The van der Waals surface area contributed by atoms with E-state index in [2.05, 4.69) is 29.2 Å². The smallest absolute Gasteiger partial charge is 0.260 e. The Hall–Kier alpha value is -2.24. The van der Waals surface area contributed by atoms with Gasteiger partial charge < -0.3 is 19.3 Å². The maximum Gasteiger partial charge on any atom is 0.260 e. The lowest BCUT2D eigenvalue weighted by atomic mass is 10.1. The minimum atomic E-state index is -0.0628. The van der Waals surface area contributed by atoms with Crippen LogP contribution in [0.3, 0.4) is 0 Å². The van der Waals surface area contributed by atoms with Crippen LogP contribution in [0.15, 0.2) is 48.5 Å². The molecule has 6 heteroatoms. The molecule has 0 spiro atoms. The van der Waals surface area contributed by atoms with Crippen LogP contribution in [0.4, 0.5) is 5.69 Å². The van der Waals surface area contributed by atoms with Gasteiger partial charge >= 0.3 is 0 Å². The van der Waals surface area contributed by atoms with Crippen LogP contribution < -0.4 is 9.64 Å². The standard InChI is InChI=1S/C22H27ClN2O3/c1-24(2)19-10-8-17(9-11-19)14-25(15-21-7-4-12-27-21)22(26)16-28-20-6-3-5-18(23)13-20/h3,5-6,8-11,13,21H,4,7,12,14-16H2,1-2H3. The van der Waals surface area contributed by atoms with Crippen LogP contribution in [-0.2, 0) is 16.1 Å². The van der Waals surface area contributed by atoms with Gasteiger partial charge in [-0.25, -0.2) is 0 Å². The lowest BCUT2D eigenvalue weighted by molar-refractivity contribution is -0.135. The van der Waals surface area contributed by atoms with E-state index in [-0.39, 0.29) is 18.6 Å². The van der Waals surface area contributed by atoms with E-state index in [0.29, 0.717) is 23.9 Å². The Morgan fingerprint density at radius 3 is 2.64 bits per heavy atom. The predicted octanol–water partition coefficient (Wildman–Crippen LogP) is 3.99. The Morgan fingerprint density at radius 1 is 1.21 bits per heavy atom. The third kappa shape index (κ3) is 5.88. The van der Waals surface area contributed by atoms with Crippen LogP contribution in [0.25, 0.3) is 0 Å². The maximum absolute atomic E-state index is 12.9. The number of nitrogens with zero attached hydrogens (tertiary/aromatic N) is 2. The first-order chi connectivity index (χ1) is 13.5. The lowest BCUT2D eigenvalue weighted by Crippen LogP contribution is -2.39. The summed E-state index contributed by atoms with van der Waals surface area (Å²) in [5.74, 6) is 0.528. The molecule has 0 bridgehead atoms. The van der Waals surface area contributed by atoms with Crippen molar-refractivity contribution < 1.29 is 14.3 Å². The monoisotopic (exact) mass is 402 g/mol. The van der Waals surface area contributed by atoms with Crippen LogP contribution in [0.5, 0.6) is 5.75 Å². The summed E-state index contributed by atoms with van der Waals surface area (Å²) in [6.45, 7) is 1.85. The predicted molar refractivity (Wildman–Crippen MR) is 112 cm³/mol. The van der Waals surface area contributed by atoms with Gasteiger partial charge in [0, 0.05) is 44.5 Å². The zero-order chi connectivity index (χ0) is 19.9. The fraction of sp³-hybridized carbons (Fsp3) is 0.409. The van der Waals surface area contributed by atoms with Crippen LogP contribution in [0, 0.1) is 0 Å². The summed E-state index contributed by atoms with van der Waals surface area (Å²) in [5, 5.41) is 0.585. The number of hydrogen-bond acceptors (Lipinski definition) is 4. The van der Waals surface area contributed by atoms with Crippen LogP contribution in [0.1, 0.15) is 18.4 Å². The molecule has 2 aromatic carbocycles. The molecule has 1 amide bonds. The van der Waals surface area contributed by atoms with Crippen molar-refractivity contribution in [1.82, 2.24) is 4.90 Å². The third-order valence-electron chi connectivity index (χ3n) is 4.79. The zero-order valence-corrected chi connectivity index (χ0v) is 17.2. The van der Waals surface area contributed by atoms with E-state index in [1.165, 1.54) is 0 Å². The van der Waals surface area contributed by atoms with Gasteiger partial charge in [0.25, 0.3) is 5.91 Å². The summed E-state index contributed by atoms with van der Waals surface area (Å²) < 4.78 is 11.4. The van der Waals surface area contributed by atoms with Gasteiger partial charge in [0.2, 0.25) is 0 Å². The molecule has 28 heavy (non-hydrogen) atoms. The zero-order valence-electron chi connectivity index (χ0n) is 16.4. The van der Waals surface area contributed by atoms with Crippen LogP contribution >= 0.6 is 11.6 Å². The fourth-order valence-corrected chi connectivity index (χ4v) is 3.38. The van der Waals surface area contributed by atoms with Gasteiger partial charge in [-0.1, -0.05) is 29.8 Å². The van der Waals surface area contributed by atoms with Gasteiger partial charge in [-0.15, -0.1) is 0 Å². The number of hydrogen-bond donors (Lipinski definition) is 0. The Morgan fingerprint density at radius 2 is 2.00 bits per heavy atom. The van der Waals surface area contributed by atoms with Crippen LogP contribution in [-0.4, -0.2) is 50.8 Å². The molecule has 1 heterocycles. The highest BCUT2D eigenvalue weighted by Gasteiger charge is 2.23. The van der Waals surface area contributed by atoms with Gasteiger partial charge in [-0.3, -0.25) is 4.79 Å². The van der Waals surface area contributed by atoms with Crippen molar-refractivity contribution in [3.63, 3.8) is 0 Å². The molecule has 3 rings (SSSR count). The molecule has 0 aliphatic carbocycles. The molecule has 1 aliphatic heterocycles. The molecule has 2 aromatic rings. The first-order valence-electron chi connectivity index (χ1n) is 9.55. The Bertz CT molecular complexity index is 774. The van der Waals surface area contributed by atoms with Crippen molar-refractivity contribution in [2.75, 3.05) is 38.8 Å². The summed E-state index contributed by atoms with van der Waals surface area (Å²) in [6.07, 6.45) is 2.12. The summed E-state index contributed by atoms with van der Waals surface area (Å²) in [7, 11) is 4.02. The molecular weight excluding hydrogens is 376 g/mol. The molecular formula is C22H27ClN2O3. The van der Waals surface area contributed by atoms with Crippen molar-refractivity contribution in [2.24, 2.45) is 0 Å². The molecule has 1 unspecified atom stereocenters. The van der Waals surface area contributed by atoms with E-state index >= 15 is 0 Å². The highest BCUT2D eigenvalue weighted by molar-refractivity contribution is 6.30. The number of benzene rings is 2. The largest absolute Gasteiger partial charge is 0.484 e. The van der Waals surface area contributed by atoms with E-state index in [4.69, 9.17) is 21.1 Å². The summed E-state index contributed by atoms with van der Waals surface area (Å²) in [5.41, 5.74) is 2.21. The van der Waals surface area contributed by atoms with E-state index in [0.717, 1.165) is 30.7 Å². The molecule has 0 N–H and O–H groups in total. The average Bonchev–Trinajstić information content (AvgIpc) is 3.19. The third-order valence-corrected chi connectivity index (χ3v) is 5.02.